The summed E-state index contributed by atoms with van der Waals surface area (Å²) < 4.78 is 37.1. The molecular weight excluding hydrogens is 183 g/mol. The van der Waals surface area contributed by atoms with Crippen LogP contribution in [-0.4, -0.2) is 11.3 Å². The lowest BCUT2D eigenvalue weighted by atomic mass is 10.1. The molecule has 5 heteroatoms. The van der Waals surface area contributed by atoms with Gasteiger partial charge in [-0.05, 0) is 13.0 Å². The third-order valence-corrected chi connectivity index (χ3v) is 1.59. The van der Waals surface area contributed by atoms with Crippen molar-refractivity contribution in [2.45, 2.75) is 13.3 Å². The minimum atomic E-state index is -2.74. The standard InChI is InChI=1S/C8H6F3NO/c1-4-6(7(9)10)2-5(3-13)8(11)12-4/h2-3,7H,1H3. The van der Waals surface area contributed by atoms with Crippen molar-refractivity contribution in [1.82, 2.24) is 4.98 Å². The largest absolute Gasteiger partial charge is 0.298 e. The number of aromatic nitrogens is 1. The Morgan fingerprint density at radius 2 is 2.15 bits per heavy atom. The summed E-state index contributed by atoms with van der Waals surface area (Å²) in [5.74, 6) is -1.02. The molecule has 0 aliphatic heterocycles. The first-order chi connectivity index (χ1) is 6.06. The summed E-state index contributed by atoms with van der Waals surface area (Å²) in [6.45, 7) is 1.26. The summed E-state index contributed by atoms with van der Waals surface area (Å²) in [6.07, 6.45) is -2.58. The molecule has 0 aliphatic rings. The van der Waals surface area contributed by atoms with Crippen molar-refractivity contribution in [3.05, 3.63) is 28.8 Å². The van der Waals surface area contributed by atoms with Crippen LogP contribution in [0.4, 0.5) is 13.2 Å². The van der Waals surface area contributed by atoms with E-state index in [1.807, 2.05) is 0 Å². The number of pyridine rings is 1. The highest BCUT2D eigenvalue weighted by Crippen LogP contribution is 2.22. The van der Waals surface area contributed by atoms with Crippen LogP contribution >= 0.6 is 0 Å². The molecule has 0 atom stereocenters. The average molecular weight is 189 g/mol. The van der Waals surface area contributed by atoms with Crippen LogP contribution in [0, 0.1) is 12.9 Å². The number of alkyl halides is 2. The maximum absolute atomic E-state index is 12.7. The van der Waals surface area contributed by atoms with Gasteiger partial charge in [0.15, 0.2) is 6.29 Å². The Balaban J connectivity index is 3.30. The topological polar surface area (TPSA) is 30.0 Å². The van der Waals surface area contributed by atoms with E-state index in [1.165, 1.54) is 6.92 Å². The molecule has 0 spiro atoms. The predicted octanol–water partition coefficient (Wildman–Crippen LogP) is 2.28. The second-order valence-electron chi connectivity index (χ2n) is 2.46. The molecule has 0 N–H and O–H groups in total. The van der Waals surface area contributed by atoms with E-state index in [0.717, 1.165) is 6.07 Å². The molecule has 0 saturated heterocycles. The lowest BCUT2D eigenvalue weighted by molar-refractivity contribution is 0.111. The summed E-state index contributed by atoms with van der Waals surface area (Å²) in [4.78, 5) is 13.4. The molecule has 70 valence electrons. The molecule has 0 unspecified atom stereocenters. The van der Waals surface area contributed by atoms with Gasteiger partial charge in [0.25, 0.3) is 6.43 Å². The van der Waals surface area contributed by atoms with Crippen molar-refractivity contribution in [3.63, 3.8) is 0 Å². The third kappa shape index (κ3) is 1.85. The second kappa shape index (κ2) is 3.55. The minimum Gasteiger partial charge on any atom is -0.298 e. The van der Waals surface area contributed by atoms with E-state index < -0.39 is 23.5 Å². The molecule has 1 aromatic heterocycles. The normalized spacial score (nSPS) is 10.5. The molecule has 1 aromatic rings. The van der Waals surface area contributed by atoms with Crippen LogP contribution in [0.15, 0.2) is 6.07 Å². The number of carbonyl (C=O) groups is 1. The lowest BCUT2D eigenvalue weighted by Gasteiger charge is -2.04. The molecule has 1 rings (SSSR count). The van der Waals surface area contributed by atoms with Crippen molar-refractivity contribution in [2.24, 2.45) is 0 Å². The highest BCUT2D eigenvalue weighted by Gasteiger charge is 2.15. The van der Waals surface area contributed by atoms with Crippen LogP contribution in [0.2, 0.25) is 0 Å². The van der Waals surface area contributed by atoms with Gasteiger partial charge in [0, 0.05) is 11.3 Å². The monoisotopic (exact) mass is 189 g/mol. The van der Waals surface area contributed by atoms with Gasteiger partial charge in [0.2, 0.25) is 5.95 Å². The summed E-state index contributed by atoms with van der Waals surface area (Å²) in [5, 5.41) is 0. The minimum absolute atomic E-state index is 0.0990. The molecule has 0 saturated carbocycles. The maximum atomic E-state index is 12.7. The number of halogens is 3. The summed E-state index contributed by atoms with van der Waals surface area (Å²) >= 11 is 0. The number of aryl methyl sites for hydroxylation is 1. The van der Waals surface area contributed by atoms with Gasteiger partial charge >= 0.3 is 0 Å². The van der Waals surface area contributed by atoms with Crippen molar-refractivity contribution >= 4 is 6.29 Å². The number of rotatable bonds is 2. The molecule has 1 heterocycles. The number of hydrogen-bond acceptors (Lipinski definition) is 2. The molecule has 0 aliphatic carbocycles. The van der Waals surface area contributed by atoms with Crippen molar-refractivity contribution in [1.29, 1.82) is 0 Å². The first kappa shape index (κ1) is 9.70. The van der Waals surface area contributed by atoms with Gasteiger partial charge in [0.05, 0.1) is 5.56 Å². The van der Waals surface area contributed by atoms with Gasteiger partial charge in [0.1, 0.15) is 0 Å². The zero-order valence-corrected chi connectivity index (χ0v) is 6.72. The highest BCUT2D eigenvalue weighted by atomic mass is 19.3. The van der Waals surface area contributed by atoms with E-state index in [2.05, 4.69) is 4.98 Å². The van der Waals surface area contributed by atoms with E-state index in [9.17, 15) is 18.0 Å². The number of carbonyl (C=O) groups excluding carboxylic acids is 1. The fourth-order valence-electron chi connectivity index (χ4n) is 0.911. The number of hydrogen-bond donors (Lipinski definition) is 0. The number of nitrogens with zero attached hydrogens (tertiary/aromatic N) is 1. The van der Waals surface area contributed by atoms with Gasteiger partial charge in [-0.3, -0.25) is 4.79 Å². The number of aldehydes is 1. The SMILES string of the molecule is Cc1nc(F)c(C=O)cc1C(F)F. The van der Waals surface area contributed by atoms with E-state index in [-0.39, 0.29) is 12.0 Å². The highest BCUT2D eigenvalue weighted by molar-refractivity contribution is 5.75. The Hall–Kier alpha value is -1.39. The van der Waals surface area contributed by atoms with Gasteiger partial charge in [-0.2, -0.15) is 4.39 Å². The van der Waals surface area contributed by atoms with E-state index in [1.54, 1.807) is 0 Å². The molecule has 0 aromatic carbocycles. The molecule has 13 heavy (non-hydrogen) atoms. The van der Waals surface area contributed by atoms with Gasteiger partial charge in [-0.1, -0.05) is 0 Å². The predicted molar refractivity (Wildman–Crippen MR) is 39.3 cm³/mol. The zero-order chi connectivity index (χ0) is 10.0. The first-order valence-electron chi connectivity index (χ1n) is 3.46. The first-order valence-corrected chi connectivity index (χ1v) is 3.46. The van der Waals surface area contributed by atoms with Crippen LogP contribution in [0.25, 0.3) is 0 Å². The van der Waals surface area contributed by atoms with Crippen molar-refractivity contribution in [3.8, 4) is 0 Å². The van der Waals surface area contributed by atoms with Crippen LogP contribution in [0.5, 0.6) is 0 Å². The van der Waals surface area contributed by atoms with Gasteiger partial charge in [-0.15, -0.1) is 0 Å². The summed E-state index contributed by atoms with van der Waals surface area (Å²) in [6, 6.07) is 0.815. The van der Waals surface area contributed by atoms with Crippen molar-refractivity contribution < 1.29 is 18.0 Å². The summed E-state index contributed by atoms with van der Waals surface area (Å²) in [5.41, 5.74) is -0.956. The van der Waals surface area contributed by atoms with Crippen LogP contribution in [-0.2, 0) is 0 Å². The Morgan fingerprint density at radius 1 is 1.54 bits per heavy atom. The molecule has 0 radical (unpaired) electrons. The molecular formula is C8H6F3NO. The van der Waals surface area contributed by atoms with Crippen molar-refractivity contribution in [2.75, 3.05) is 0 Å². The average Bonchev–Trinajstić information content (AvgIpc) is 2.03. The zero-order valence-electron chi connectivity index (χ0n) is 6.72. The molecule has 0 bridgehead atoms. The second-order valence-corrected chi connectivity index (χ2v) is 2.46. The third-order valence-electron chi connectivity index (χ3n) is 1.59. The lowest BCUT2D eigenvalue weighted by Crippen LogP contribution is -2.00. The van der Waals surface area contributed by atoms with Crippen LogP contribution in [0.1, 0.15) is 28.0 Å². The summed E-state index contributed by atoms with van der Waals surface area (Å²) in [7, 11) is 0. The van der Waals surface area contributed by atoms with E-state index in [4.69, 9.17) is 0 Å². The Labute approximate surface area is 72.4 Å². The smallest absolute Gasteiger partial charge is 0.265 e. The van der Waals surface area contributed by atoms with Crippen LogP contribution in [0.3, 0.4) is 0 Å². The van der Waals surface area contributed by atoms with Gasteiger partial charge < -0.3 is 0 Å². The Morgan fingerprint density at radius 3 is 2.62 bits per heavy atom. The maximum Gasteiger partial charge on any atom is 0.265 e. The Kier molecular flexibility index (Phi) is 2.65. The van der Waals surface area contributed by atoms with E-state index in [0.29, 0.717) is 0 Å². The molecule has 2 nitrogen and oxygen atoms in total. The van der Waals surface area contributed by atoms with Crippen LogP contribution < -0.4 is 0 Å². The van der Waals surface area contributed by atoms with E-state index >= 15 is 0 Å². The quantitative estimate of drug-likeness (QED) is 0.527. The molecule has 0 amide bonds. The molecule has 0 fully saturated rings. The fraction of sp³-hybridized carbons (Fsp3) is 0.250. The Bertz CT molecular complexity index is 338. The van der Waals surface area contributed by atoms with Gasteiger partial charge in [-0.25, -0.2) is 13.8 Å². The fourth-order valence-corrected chi connectivity index (χ4v) is 0.911.